The number of hydrogen-bond acceptors (Lipinski definition) is 2. The van der Waals surface area contributed by atoms with Crippen molar-refractivity contribution in [2.24, 2.45) is 0 Å². The standard InChI is InChI=1S/C13H15Br2N3/c1-2-7-18-11(5-6-17-18)9-16-13-8-10(14)3-4-12(13)15/h3-6,8,16H,2,7,9H2,1H3. The van der Waals surface area contributed by atoms with Crippen molar-refractivity contribution in [3.05, 3.63) is 45.1 Å². The van der Waals surface area contributed by atoms with Gasteiger partial charge in [0.25, 0.3) is 0 Å². The summed E-state index contributed by atoms with van der Waals surface area (Å²) < 4.78 is 4.17. The molecule has 3 nitrogen and oxygen atoms in total. The minimum atomic E-state index is 0.773. The van der Waals surface area contributed by atoms with Crippen LogP contribution in [0.15, 0.2) is 39.4 Å². The molecule has 0 amide bonds. The third-order valence-electron chi connectivity index (χ3n) is 2.63. The second kappa shape index (κ2) is 6.38. The lowest BCUT2D eigenvalue weighted by Crippen LogP contribution is -2.09. The molecule has 1 aromatic carbocycles. The van der Waals surface area contributed by atoms with Gasteiger partial charge in [0.05, 0.1) is 12.2 Å². The van der Waals surface area contributed by atoms with Gasteiger partial charge in [-0.3, -0.25) is 4.68 Å². The van der Waals surface area contributed by atoms with Crippen molar-refractivity contribution < 1.29 is 0 Å². The predicted octanol–water partition coefficient (Wildman–Crippen LogP) is 4.43. The van der Waals surface area contributed by atoms with Crippen molar-refractivity contribution >= 4 is 37.5 Å². The smallest absolute Gasteiger partial charge is 0.0575 e. The molecule has 96 valence electrons. The average Bonchev–Trinajstić information content (AvgIpc) is 2.78. The van der Waals surface area contributed by atoms with E-state index in [1.807, 2.05) is 23.0 Å². The largest absolute Gasteiger partial charge is 0.378 e. The molecule has 0 bridgehead atoms. The summed E-state index contributed by atoms with van der Waals surface area (Å²) >= 11 is 7.01. The number of nitrogens with zero attached hydrogens (tertiary/aromatic N) is 2. The maximum absolute atomic E-state index is 4.31. The molecular weight excluding hydrogens is 358 g/mol. The van der Waals surface area contributed by atoms with E-state index in [1.54, 1.807) is 0 Å². The lowest BCUT2D eigenvalue weighted by Gasteiger charge is -2.10. The van der Waals surface area contributed by atoms with Gasteiger partial charge in [0.15, 0.2) is 0 Å². The molecule has 0 unspecified atom stereocenters. The quantitative estimate of drug-likeness (QED) is 0.841. The molecule has 1 N–H and O–H groups in total. The zero-order valence-corrected chi connectivity index (χ0v) is 13.3. The van der Waals surface area contributed by atoms with Crippen LogP contribution in [0, 0.1) is 0 Å². The van der Waals surface area contributed by atoms with Crippen molar-refractivity contribution in [1.29, 1.82) is 0 Å². The van der Waals surface area contributed by atoms with Gasteiger partial charge in [0.1, 0.15) is 0 Å². The molecule has 0 spiro atoms. The predicted molar refractivity (Wildman–Crippen MR) is 81.7 cm³/mol. The summed E-state index contributed by atoms with van der Waals surface area (Å²) in [6.07, 6.45) is 2.94. The van der Waals surface area contributed by atoms with Gasteiger partial charge in [-0.25, -0.2) is 0 Å². The van der Waals surface area contributed by atoms with Crippen LogP contribution in [0.3, 0.4) is 0 Å². The minimum absolute atomic E-state index is 0.773. The molecule has 0 aliphatic carbocycles. The van der Waals surface area contributed by atoms with Crippen LogP contribution in [0.4, 0.5) is 5.69 Å². The summed E-state index contributed by atoms with van der Waals surface area (Å²) in [6.45, 7) is 3.89. The number of hydrogen-bond donors (Lipinski definition) is 1. The van der Waals surface area contributed by atoms with Crippen LogP contribution in [0.5, 0.6) is 0 Å². The molecule has 0 saturated carbocycles. The fourth-order valence-corrected chi connectivity index (χ4v) is 2.49. The summed E-state index contributed by atoms with van der Waals surface area (Å²) in [5, 5.41) is 7.73. The van der Waals surface area contributed by atoms with Crippen molar-refractivity contribution in [1.82, 2.24) is 9.78 Å². The van der Waals surface area contributed by atoms with Gasteiger partial charge in [-0.15, -0.1) is 0 Å². The Balaban J connectivity index is 2.06. The number of aromatic nitrogens is 2. The fourth-order valence-electron chi connectivity index (χ4n) is 1.74. The topological polar surface area (TPSA) is 29.9 Å². The highest BCUT2D eigenvalue weighted by Crippen LogP contribution is 2.26. The summed E-state index contributed by atoms with van der Waals surface area (Å²) in [7, 11) is 0. The molecular formula is C13H15Br2N3. The van der Waals surface area contributed by atoms with Gasteiger partial charge in [-0.2, -0.15) is 5.10 Å². The van der Waals surface area contributed by atoms with Crippen LogP contribution in [-0.4, -0.2) is 9.78 Å². The summed E-state index contributed by atoms with van der Waals surface area (Å²) in [5.41, 5.74) is 2.28. The van der Waals surface area contributed by atoms with Gasteiger partial charge in [-0.05, 0) is 46.6 Å². The van der Waals surface area contributed by atoms with Crippen molar-refractivity contribution in [2.75, 3.05) is 5.32 Å². The number of nitrogens with one attached hydrogen (secondary N) is 1. The minimum Gasteiger partial charge on any atom is -0.378 e. The molecule has 2 aromatic rings. The molecule has 0 atom stereocenters. The number of benzene rings is 1. The van der Waals surface area contributed by atoms with Gasteiger partial charge in [0.2, 0.25) is 0 Å². The lowest BCUT2D eigenvalue weighted by molar-refractivity contribution is 0.578. The Morgan fingerprint density at radius 1 is 1.28 bits per heavy atom. The third-order valence-corrected chi connectivity index (χ3v) is 3.81. The normalized spacial score (nSPS) is 10.6. The molecule has 0 aliphatic heterocycles. The molecule has 18 heavy (non-hydrogen) atoms. The van der Waals surface area contributed by atoms with Crippen LogP contribution in [0.1, 0.15) is 19.0 Å². The first kappa shape index (κ1) is 13.6. The Labute approximate surface area is 124 Å². The van der Waals surface area contributed by atoms with Crippen LogP contribution in [-0.2, 0) is 13.1 Å². The molecule has 0 fully saturated rings. The molecule has 5 heteroatoms. The Morgan fingerprint density at radius 3 is 2.89 bits per heavy atom. The highest BCUT2D eigenvalue weighted by Gasteiger charge is 2.04. The Kier molecular flexibility index (Phi) is 4.83. The monoisotopic (exact) mass is 371 g/mol. The van der Waals surface area contributed by atoms with E-state index in [-0.39, 0.29) is 0 Å². The first-order valence-corrected chi connectivity index (χ1v) is 7.49. The van der Waals surface area contributed by atoms with Crippen LogP contribution >= 0.6 is 31.9 Å². The summed E-state index contributed by atoms with van der Waals surface area (Å²) in [4.78, 5) is 0. The van der Waals surface area contributed by atoms with Crippen LogP contribution in [0.2, 0.25) is 0 Å². The number of rotatable bonds is 5. The van der Waals surface area contributed by atoms with E-state index in [0.29, 0.717) is 0 Å². The molecule has 0 radical (unpaired) electrons. The Morgan fingerprint density at radius 2 is 2.11 bits per heavy atom. The highest BCUT2D eigenvalue weighted by atomic mass is 79.9. The number of anilines is 1. The first-order valence-electron chi connectivity index (χ1n) is 5.90. The zero-order valence-electron chi connectivity index (χ0n) is 10.2. The van der Waals surface area contributed by atoms with Crippen molar-refractivity contribution in [2.45, 2.75) is 26.4 Å². The average molecular weight is 373 g/mol. The number of halogens is 2. The van der Waals surface area contributed by atoms with Gasteiger partial charge < -0.3 is 5.32 Å². The second-order valence-corrected chi connectivity index (χ2v) is 5.79. The summed E-state index contributed by atoms with van der Waals surface area (Å²) in [5.74, 6) is 0. The lowest BCUT2D eigenvalue weighted by atomic mass is 10.3. The Hall–Kier alpha value is -0.810. The molecule has 1 aromatic heterocycles. The second-order valence-electron chi connectivity index (χ2n) is 4.02. The van der Waals surface area contributed by atoms with E-state index < -0.39 is 0 Å². The molecule has 1 heterocycles. The molecule has 2 rings (SSSR count). The van der Waals surface area contributed by atoms with E-state index in [2.05, 4.69) is 61.3 Å². The van der Waals surface area contributed by atoms with Gasteiger partial charge in [-0.1, -0.05) is 22.9 Å². The van der Waals surface area contributed by atoms with E-state index in [1.165, 1.54) is 5.69 Å². The first-order chi connectivity index (χ1) is 8.70. The van der Waals surface area contributed by atoms with Crippen molar-refractivity contribution in [3.8, 4) is 0 Å². The highest BCUT2D eigenvalue weighted by molar-refractivity contribution is 9.11. The SMILES string of the molecule is CCCn1nccc1CNc1cc(Br)ccc1Br. The van der Waals surface area contributed by atoms with E-state index in [9.17, 15) is 0 Å². The van der Waals surface area contributed by atoms with Crippen LogP contribution in [0.25, 0.3) is 0 Å². The van der Waals surface area contributed by atoms with E-state index >= 15 is 0 Å². The Bertz CT molecular complexity index is 523. The summed E-state index contributed by atoms with van der Waals surface area (Å²) in [6, 6.07) is 8.14. The van der Waals surface area contributed by atoms with Gasteiger partial charge >= 0.3 is 0 Å². The molecule has 0 aliphatic rings. The van der Waals surface area contributed by atoms with E-state index in [0.717, 1.165) is 34.1 Å². The maximum Gasteiger partial charge on any atom is 0.0575 e. The fraction of sp³-hybridized carbons (Fsp3) is 0.308. The third kappa shape index (κ3) is 3.36. The molecule has 0 saturated heterocycles. The van der Waals surface area contributed by atoms with Crippen LogP contribution < -0.4 is 5.32 Å². The van der Waals surface area contributed by atoms with Gasteiger partial charge in [0, 0.05) is 27.4 Å². The van der Waals surface area contributed by atoms with E-state index in [4.69, 9.17) is 0 Å². The number of aryl methyl sites for hydroxylation is 1. The van der Waals surface area contributed by atoms with Crippen molar-refractivity contribution in [3.63, 3.8) is 0 Å². The maximum atomic E-state index is 4.31. The zero-order chi connectivity index (χ0) is 13.0.